The Morgan fingerprint density at radius 2 is 1.64 bits per heavy atom. The van der Waals surface area contributed by atoms with Crippen LogP contribution in [0.3, 0.4) is 0 Å². The van der Waals surface area contributed by atoms with E-state index in [9.17, 15) is 19.5 Å². The number of carboxylic acid groups (broad SMARTS) is 1. The number of carboxylic acids is 1. The Balaban J connectivity index is 1.72. The van der Waals surface area contributed by atoms with E-state index in [1.807, 2.05) is 48.5 Å². The fourth-order valence-corrected chi connectivity index (χ4v) is 3.37. The number of aliphatic carboxylic acids is 1. The van der Waals surface area contributed by atoms with Crippen molar-refractivity contribution in [1.29, 1.82) is 0 Å². The molecule has 2 amide bonds. The van der Waals surface area contributed by atoms with Gasteiger partial charge in [0.2, 0.25) is 11.8 Å². The van der Waals surface area contributed by atoms with Crippen molar-refractivity contribution in [2.45, 2.75) is 37.5 Å². The molecule has 7 nitrogen and oxygen atoms in total. The normalized spacial score (nSPS) is 20.0. The van der Waals surface area contributed by atoms with E-state index in [-0.39, 0.29) is 25.3 Å². The van der Waals surface area contributed by atoms with Crippen LogP contribution in [0.25, 0.3) is 0 Å². The quantitative estimate of drug-likeness (QED) is 0.660. The van der Waals surface area contributed by atoms with Gasteiger partial charge in [-0.05, 0) is 11.1 Å². The average Bonchev–Trinajstić information content (AvgIpc) is 2.97. The van der Waals surface area contributed by atoms with Gasteiger partial charge in [0.25, 0.3) is 0 Å². The van der Waals surface area contributed by atoms with Gasteiger partial charge in [-0.1, -0.05) is 60.7 Å². The van der Waals surface area contributed by atoms with E-state index in [0.29, 0.717) is 0 Å². The molecule has 7 heteroatoms. The molecule has 1 aliphatic rings. The number of amides is 2. The van der Waals surface area contributed by atoms with Crippen LogP contribution in [0.4, 0.5) is 0 Å². The number of benzene rings is 2. The lowest BCUT2D eigenvalue weighted by Crippen LogP contribution is -2.50. The first-order valence-corrected chi connectivity index (χ1v) is 9.13. The summed E-state index contributed by atoms with van der Waals surface area (Å²) in [5.41, 5.74) is 7.56. The van der Waals surface area contributed by atoms with E-state index in [4.69, 9.17) is 5.73 Å². The van der Waals surface area contributed by atoms with Crippen LogP contribution in [0.1, 0.15) is 17.5 Å². The van der Waals surface area contributed by atoms with Crippen LogP contribution in [0.15, 0.2) is 60.7 Å². The monoisotopic (exact) mass is 381 g/mol. The van der Waals surface area contributed by atoms with Gasteiger partial charge in [0, 0.05) is 19.4 Å². The zero-order valence-corrected chi connectivity index (χ0v) is 15.3. The zero-order valence-electron chi connectivity index (χ0n) is 15.3. The van der Waals surface area contributed by atoms with Crippen molar-refractivity contribution in [2.75, 3.05) is 0 Å². The van der Waals surface area contributed by atoms with Gasteiger partial charge in [-0.3, -0.25) is 9.59 Å². The van der Waals surface area contributed by atoms with Crippen LogP contribution in [-0.2, 0) is 27.3 Å². The van der Waals surface area contributed by atoms with E-state index in [2.05, 4.69) is 5.32 Å². The summed E-state index contributed by atoms with van der Waals surface area (Å²) in [6.45, 7) is 0.252. The summed E-state index contributed by atoms with van der Waals surface area (Å²) in [5.74, 6) is -1.93. The maximum absolute atomic E-state index is 12.8. The third kappa shape index (κ3) is 4.55. The number of likely N-dealkylation sites (tertiary alicyclic amines) is 1. The average molecular weight is 381 g/mol. The standard InChI is InChI=1S/C21H23N3O4/c22-16-12-18(24(20(16)26)13-15-9-5-2-6-10-15)19(25)23-17(21(27)28)11-14-7-3-1-4-8-14/h1-10,16-18H,11-13,22H2,(H,23,25)(H,27,28)/t16?,17-,18-/m0/s1. The molecule has 3 atom stereocenters. The second kappa shape index (κ2) is 8.67. The van der Waals surface area contributed by atoms with Gasteiger partial charge in [-0.25, -0.2) is 4.79 Å². The molecule has 2 aromatic carbocycles. The minimum absolute atomic E-state index is 0.160. The molecule has 3 rings (SSSR count). The minimum atomic E-state index is -1.12. The predicted molar refractivity (Wildman–Crippen MR) is 103 cm³/mol. The van der Waals surface area contributed by atoms with Gasteiger partial charge < -0.3 is 21.1 Å². The Kier molecular flexibility index (Phi) is 6.06. The van der Waals surface area contributed by atoms with Crippen molar-refractivity contribution in [3.8, 4) is 0 Å². The Morgan fingerprint density at radius 3 is 2.21 bits per heavy atom. The van der Waals surface area contributed by atoms with Crippen LogP contribution >= 0.6 is 0 Å². The molecule has 1 unspecified atom stereocenters. The maximum atomic E-state index is 12.8. The number of nitrogens with one attached hydrogen (secondary N) is 1. The summed E-state index contributed by atoms with van der Waals surface area (Å²) in [6.07, 6.45) is 0.322. The highest BCUT2D eigenvalue weighted by Crippen LogP contribution is 2.21. The van der Waals surface area contributed by atoms with Crippen molar-refractivity contribution in [2.24, 2.45) is 5.73 Å². The lowest BCUT2D eigenvalue weighted by molar-refractivity contribution is -0.143. The Hall–Kier alpha value is -3.19. The third-order valence-corrected chi connectivity index (χ3v) is 4.85. The highest BCUT2D eigenvalue weighted by molar-refractivity contribution is 5.95. The third-order valence-electron chi connectivity index (χ3n) is 4.85. The molecule has 4 N–H and O–H groups in total. The van der Waals surface area contributed by atoms with Gasteiger partial charge in [0.15, 0.2) is 0 Å². The summed E-state index contributed by atoms with van der Waals surface area (Å²) < 4.78 is 0. The number of rotatable bonds is 7. The van der Waals surface area contributed by atoms with E-state index in [1.54, 1.807) is 12.1 Å². The highest BCUT2D eigenvalue weighted by Gasteiger charge is 2.42. The van der Waals surface area contributed by atoms with E-state index in [1.165, 1.54) is 4.90 Å². The van der Waals surface area contributed by atoms with Gasteiger partial charge in [-0.2, -0.15) is 0 Å². The van der Waals surface area contributed by atoms with Gasteiger partial charge in [0.1, 0.15) is 12.1 Å². The predicted octanol–water partition coefficient (Wildman–Crippen LogP) is 0.927. The van der Waals surface area contributed by atoms with Crippen molar-refractivity contribution in [3.63, 3.8) is 0 Å². The molecule has 1 saturated heterocycles. The second-order valence-electron chi connectivity index (χ2n) is 6.90. The SMILES string of the molecule is NC1C[C@@H](C(=O)N[C@@H](Cc2ccccc2)C(=O)O)N(Cc2ccccc2)C1=O. The number of nitrogens with zero attached hydrogens (tertiary/aromatic N) is 1. The number of carbonyl (C=O) groups excluding carboxylic acids is 2. The lowest BCUT2D eigenvalue weighted by atomic mass is 10.0. The fraction of sp³-hybridized carbons (Fsp3) is 0.286. The molecule has 0 aliphatic carbocycles. The second-order valence-corrected chi connectivity index (χ2v) is 6.90. The topological polar surface area (TPSA) is 113 Å². The zero-order chi connectivity index (χ0) is 20.1. The highest BCUT2D eigenvalue weighted by atomic mass is 16.4. The fourth-order valence-electron chi connectivity index (χ4n) is 3.37. The van der Waals surface area contributed by atoms with Crippen molar-refractivity contribution < 1.29 is 19.5 Å². The molecule has 0 aromatic heterocycles. The Bertz CT molecular complexity index is 841. The summed E-state index contributed by atoms with van der Waals surface area (Å²) in [6, 6.07) is 15.7. The van der Waals surface area contributed by atoms with E-state index >= 15 is 0 Å². The lowest BCUT2D eigenvalue weighted by Gasteiger charge is -2.25. The van der Waals surface area contributed by atoms with Crippen molar-refractivity contribution in [1.82, 2.24) is 10.2 Å². The van der Waals surface area contributed by atoms with E-state index < -0.39 is 30.0 Å². The van der Waals surface area contributed by atoms with Gasteiger partial charge >= 0.3 is 5.97 Å². The van der Waals surface area contributed by atoms with E-state index in [0.717, 1.165) is 11.1 Å². The first-order valence-electron chi connectivity index (χ1n) is 9.13. The molecule has 1 aliphatic heterocycles. The first-order chi connectivity index (χ1) is 13.5. The molecule has 2 aromatic rings. The smallest absolute Gasteiger partial charge is 0.326 e. The first kappa shape index (κ1) is 19.6. The minimum Gasteiger partial charge on any atom is -0.480 e. The summed E-state index contributed by atoms with van der Waals surface area (Å²) in [7, 11) is 0. The molecular formula is C21H23N3O4. The van der Waals surface area contributed by atoms with Crippen molar-refractivity contribution in [3.05, 3.63) is 71.8 Å². The molecule has 146 valence electrons. The number of hydrogen-bond donors (Lipinski definition) is 3. The number of hydrogen-bond acceptors (Lipinski definition) is 4. The number of nitrogens with two attached hydrogens (primary N) is 1. The molecule has 1 fully saturated rings. The Morgan fingerprint density at radius 1 is 1.07 bits per heavy atom. The van der Waals surface area contributed by atoms with Crippen LogP contribution < -0.4 is 11.1 Å². The molecule has 28 heavy (non-hydrogen) atoms. The van der Waals surface area contributed by atoms with Gasteiger partial charge in [0.05, 0.1) is 6.04 Å². The van der Waals surface area contributed by atoms with Crippen LogP contribution in [0, 0.1) is 0 Å². The van der Waals surface area contributed by atoms with Crippen LogP contribution in [0.2, 0.25) is 0 Å². The summed E-state index contributed by atoms with van der Waals surface area (Å²) in [4.78, 5) is 38.3. The number of carbonyl (C=O) groups is 3. The summed E-state index contributed by atoms with van der Waals surface area (Å²) in [5, 5.41) is 12.1. The molecule has 1 heterocycles. The Labute approximate surface area is 163 Å². The van der Waals surface area contributed by atoms with Gasteiger partial charge in [-0.15, -0.1) is 0 Å². The molecular weight excluding hydrogens is 358 g/mol. The van der Waals surface area contributed by atoms with Crippen LogP contribution in [-0.4, -0.2) is 45.9 Å². The molecule has 0 spiro atoms. The van der Waals surface area contributed by atoms with Crippen molar-refractivity contribution >= 4 is 17.8 Å². The molecule has 0 bridgehead atoms. The largest absolute Gasteiger partial charge is 0.480 e. The van der Waals surface area contributed by atoms with Crippen LogP contribution in [0.5, 0.6) is 0 Å². The maximum Gasteiger partial charge on any atom is 0.326 e. The summed E-state index contributed by atoms with van der Waals surface area (Å²) >= 11 is 0. The molecule has 0 saturated carbocycles. The molecule has 0 radical (unpaired) electrons.